The lowest BCUT2D eigenvalue weighted by molar-refractivity contribution is 0.0714. The molecule has 0 spiro atoms. The number of H-pyrrole nitrogens is 1. The fraction of sp³-hybridized carbons (Fsp3) is 0.417. The van der Waals surface area contributed by atoms with Gasteiger partial charge in [0.1, 0.15) is 0 Å². The van der Waals surface area contributed by atoms with Crippen molar-refractivity contribution >= 4 is 17.6 Å². The number of aromatic amines is 1. The molecule has 1 fully saturated rings. The molecule has 1 aromatic heterocycles. The van der Waals surface area contributed by atoms with E-state index in [1.54, 1.807) is 6.92 Å². The molecule has 154 valence electrons. The molecule has 0 aliphatic carbocycles. The van der Waals surface area contributed by atoms with Crippen LogP contribution in [0.3, 0.4) is 0 Å². The van der Waals surface area contributed by atoms with Crippen LogP contribution in [0, 0.1) is 13.8 Å². The lowest BCUT2D eigenvalue weighted by Gasteiger charge is -2.37. The van der Waals surface area contributed by atoms with Crippen LogP contribution in [0.25, 0.3) is 6.08 Å². The minimum atomic E-state index is -0.200. The molecule has 1 N–H and O–H groups in total. The van der Waals surface area contributed by atoms with Crippen LogP contribution < -0.4 is 0 Å². The maximum absolute atomic E-state index is 13.1. The minimum absolute atomic E-state index is 0.000116. The van der Waals surface area contributed by atoms with Gasteiger partial charge in [0.2, 0.25) is 0 Å². The highest BCUT2D eigenvalue weighted by Gasteiger charge is 2.29. The number of ketones is 2. The molecule has 1 aliphatic rings. The Kier molecular flexibility index (Phi) is 6.83. The maximum Gasteiger partial charge on any atom is 0.196 e. The summed E-state index contributed by atoms with van der Waals surface area (Å²) < 4.78 is 0. The van der Waals surface area contributed by atoms with Crippen LogP contribution in [-0.4, -0.2) is 65.1 Å². The second kappa shape index (κ2) is 9.33. The highest BCUT2D eigenvalue weighted by molar-refractivity contribution is 6.05. The number of rotatable bonds is 7. The summed E-state index contributed by atoms with van der Waals surface area (Å²) in [7, 11) is 0. The lowest BCUT2D eigenvalue weighted by Crippen LogP contribution is -2.51. The van der Waals surface area contributed by atoms with Gasteiger partial charge in [0.15, 0.2) is 11.6 Å². The van der Waals surface area contributed by atoms with E-state index in [9.17, 15) is 9.59 Å². The van der Waals surface area contributed by atoms with E-state index in [1.807, 2.05) is 39.0 Å². The molecule has 1 aromatic carbocycles. The monoisotopic (exact) mass is 393 g/mol. The van der Waals surface area contributed by atoms with E-state index in [-0.39, 0.29) is 17.6 Å². The summed E-state index contributed by atoms with van der Waals surface area (Å²) in [5.74, 6) is 0.0654. The van der Waals surface area contributed by atoms with Crippen LogP contribution in [0.15, 0.2) is 36.4 Å². The van der Waals surface area contributed by atoms with E-state index in [4.69, 9.17) is 0 Å². The molecule has 2 heterocycles. The summed E-state index contributed by atoms with van der Waals surface area (Å²) >= 11 is 0. The SMILES string of the molecule is CC(=O)c1c(C)[nH]c(C(=O)C(C)N2CCN(C/C=C/c3ccccc3)CC2)c1C. The van der Waals surface area contributed by atoms with Gasteiger partial charge >= 0.3 is 0 Å². The van der Waals surface area contributed by atoms with E-state index in [0.29, 0.717) is 11.3 Å². The summed E-state index contributed by atoms with van der Waals surface area (Å²) in [5.41, 5.74) is 3.99. The Morgan fingerprint density at radius 3 is 2.34 bits per heavy atom. The molecule has 1 aliphatic heterocycles. The Labute approximate surface area is 173 Å². The van der Waals surface area contributed by atoms with Crippen LogP contribution >= 0.6 is 0 Å². The number of Topliss-reactive ketones (excluding diaryl/α,β-unsaturated/α-hetero) is 2. The van der Waals surface area contributed by atoms with Crippen molar-refractivity contribution in [2.45, 2.75) is 33.7 Å². The van der Waals surface area contributed by atoms with Crippen molar-refractivity contribution < 1.29 is 9.59 Å². The molecule has 0 saturated carbocycles. The van der Waals surface area contributed by atoms with Gasteiger partial charge in [-0.3, -0.25) is 19.4 Å². The average molecular weight is 394 g/mol. The van der Waals surface area contributed by atoms with Crippen molar-refractivity contribution in [1.82, 2.24) is 14.8 Å². The molecule has 1 unspecified atom stereocenters. The zero-order chi connectivity index (χ0) is 21.0. The fourth-order valence-corrected chi connectivity index (χ4v) is 4.13. The Morgan fingerprint density at radius 1 is 1.10 bits per heavy atom. The zero-order valence-electron chi connectivity index (χ0n) is 17.9. The first kappa shape index (κ1) is 21.2. The molecule has 5 heteroatoms. The van der Waals surface area contributed by atoms with Crippen molar-refractivity contribution in [3.8, 4) is 0 Å². The minimum Gasteiger partial charge on any atom is -0.355 e. The van der Waals surface area contributed by atoms with E-state index in [0.717, 1.165) is 44.0 Å². The van der Waals surface area contributed by atoms with Crippen LogP contribution in [0.4, 0.5) is 0 Å². The number of hydrogen-bond acceptors (Lipinski definition) is 4. The summed E-state index contributed by atoms with van der Waals surface area (Å²) in [6.45, 7) is 11.8. The van der Waals surface area contributed by atoms with Gasteiger partial charge in [0.25, 0.3) is 0 Å². The molecule has 1 atom stereocenters. The molecule has 0 amide bonds. The zero-order valence-corrected chi connectivity index (χ0v) is 17.9. The van der Waals surface area contributed by atoms with E-state index in [1.165, 1.54) is 5.56 Å². The van der Waals surface area contributed by atoms with Gasteiger partial charge in [-0.25, -0.2) is 0 Å². The first-order chi connectivity index (χ1) is 13.9. The number of aromatic nitrogens is 1. The highest BCUT2D eigenvalue weighted by atomic mass is 16.1. The van der Waals surface area contributed by atoms with Crippen LogP contribution in [0.1, 0.15) is 51.5 Å². The van der Waals surface area contributed by atoms with Gasteiger partial charge in [-0.15, -0.1) is 0 Å². The predicted octanol–water partition coefficient (Wildman–Crippen LogP) is 3.74. The largest absolute Gasteiger partial charge is 0.355 e. The van der Waals surface area contributed by atoms with Gasteiger partial charge in [0.05, 0.1) is 11.7 Å². The third-order valence-corrected chi connectivity index (χ3v) is 5.84. The molecular weight excluding hydrogens is 362 g/mol. The third kappa shape index (κ3) is 4.92. The number of aryl methyl sites for hydroxylation is 1. The Hall–Kier alpha value is -2.50. The van der Waals surface area contributed by atoms with Gasteiger partial charge in [-0.1, -0.05) is 42.5 Å². The number of nitrogens with one attached hydrogen (secondary N) is 1. The number of carbonyl (C=O) groups is 2. The highest BCUT2D eigenvalue weighted by Crippen LogP contribution is 2.21. The first-order valence-corrected chi connectivity index (χ1v) is 10.3. The van der Waals surface area contributed by atoms with Gasteiger partial charge in [-0.05, 0) is 38.8 Å². The molecule has 1 saturated heterocycles. The number of hydrogen-bond donors (Lipinski definition) is 1. The Balaban J connectivity index is 1.55. The van der Waals surface area contributed by atoms with E-state index < -0.39 is 0 Å². The lowest BCUT2D eigenvalue weighted by atomic mass is 10.0. The van der Waals surface area contributed by atoms with Gasteiger partial charge < -0.3 is 4.98 Å². The summed E-state index contributed by atoms with van der Waals surface area (Å²) in [6.07, 6.45) is 4.36. The molecular formula is C24H31N3O2. The van der Waals surface area contributed by atoms with Crippen molar-refractivity contribution in [3.05, 3.63) is 64.5 Å². The topological polar surface area (TPSA) is 56.4 Å². The summed E-state index contributed by atoms with van der Waals surface area (Å²) in [5, 5.41) is 0. The van der Waals surface area contributed by atoms with Crippen LogP contribution in [-0.2, 0) is 0 Å². The Bertz CT molecular complexity index is 890. The second-order valence-electron chi connectivity index (χ2n) is 7.87. The average Bonchev–Trinajstić information content (AvgIpc) is 3.02. The van der Waals surface area contributed by atoms with Gasteiger partial charge in [0, 0.05) is 44.0 Å². The van der Waals surface area contributed by atoms with Crippen molar-refractivity contribution in [2.24, 2.45) is 0 Å². The van der Waals surface area contributed by atoms with Gasteiger partial charge in [-0.2, -0.15) is 0 Å². The maximum atomic E-state index is 13.1. The van der Waals surface area contributed by atoms with Crippen LogP contribution in [0.5, 0.6) is 0 Å². The Morgan fingerprint density at radius 2 is 1.76 bits per heavy atom. The molecule has 0 bridgehead atoms. The smallest absolute Gasteiger partial charge is 0.196 e. The number of benzene rings is 1. The van der Waals surface area contributed by atoms with Crippen molar-refractivity contribution in [3.63, 3.8) is 0 Å². The third-order valence-electron chi connectivity index (χ3n) is 5.84. The first-order valence-electron chi connectivity index (χ1n) is 10.3. The molecule has 0 radical (unpaired) electrons. The van der Waals surface area contributed by atoms with Crippen LogP contribution in [0.2, 0.25) is 0 Å². The summed E-state index contributed by atoms with van der Waals surface area (Å²) in [6, 6.07) is 10.1. The normalized spacial score (nSPS) is 17.0. The fourth-order valence-electron chi connectivity index (χ4n) is 4.13. The van der Waals surface area contributed by atoms with E-state index in [2.05, 4.69) is 39.1 Å². The molecule has 3 rings (SSSR count). The summed E-state index contributed by atoms with van der Waals surface area (Å²) in [4.78, 5) is 32.7. The molecule has 29 heavy (non-hydrogen) atoms. The predicted molar refractivity (Wildman–Crippen MR) is 118 cm³/mol. The molecule has 2 aromatic rings. The number of carbonyl (C=O) groups excluding carboxylic acids is 2. The molecule has 5 nitrogen and oxygen atoms in total. The number of nitrogens with zero attached hydrogens (tertiary/aromatic N) is 2. The standard InChI is InChI=1S/C24H31N3O2/c1-17-22(20(4)28)18(2)25-23(17)24(29)19(3)27-15-13-26(14-16-27)12-8-11-21-9-6-5-7-10-21/h5-11,19,25H,12-16H2,1-4H3/b11-8+. The van der Waals surface area contributed by atoms with E-state index >= 15 is 0 Å². The second-order valence-corrected chi connectivity index (χ2v) is 7.87. The quantitative estimate of drug-likeness (QED) is 0.728. The number of piperazine rings is 1. The van der Waals surface area contributed by atoms with Crippen molar-refractivity contribution in [1.29, 1.82) is 0 Å². The van der Waals surface area contributed by atoms with Crippen molar-refractivity contribution in [2.75, 3.05) is 32.7 Å².